The maximum atomic E-state index is 12.4. The molecule has 4 rings (SSSR count). The van der Waals surface area contributed by atoms with Gasteiger partial charge in [-0.15, -0.1) is 0 Å². The third-order valence-electron chi connectivity index (χ3n) is 4.87. The Bertz CT molecular complexity index is 1090. The molecule has 0 bridgehead atoms. The van der Waals surface area contributed by atoms with Crippen LogP contribution in [0.3, 0.4) is 0 Å². The Morgan fingerprint density at radius 3 is 2.68 bits per heavy atom. The minimum Gasteiger partial charge on any atom is -0.384 e. The summed E-state index contributed by atoms with van der Waals surface area (Å²) in [6.45, 7) is 1.26. The van der Waals surface area contributed by atoms with Gasteiger partial charge in [0.25, 0.3) is 5.91 Å². The van der Waals surface area contributed by atoms with Crippen molar-refractivity contribution in [1.82, 2.24) is 25.3 Å². The van der Waals surface area contributed by atoms with Crippen LogP contribution in [0.15, 0.2) is 79.5 Å². The fraction of sp³-hybridized carbons (Fsp3) is 0.167. The first-order valence-corrected chi connectivity index (χ1v) is 10.2. The van der Waals surface area contributed by atoms with E-state index < -0.39 is 0 Å². The first-order valence-electron chi connectivity index (χ1n) is 10.2. The van der Waals surface area contributed by atoms with E-state index in [1.54, 1.807) is 30.9 Å². The van der Waals surface area contributed by atoms with Gasteiger partial charge in [-0.05, 0) is 36.2 Å². The molecule has 0 fully saturated rings. The summed E-state index contributed by atoms with van der Waals surface area (Å²) in [6.07, 6.45) is 10.5. The van der Waals surface area contributed by atoms with Crippen LogP contribution in [0.25, 0.3) is 11.3 Å². The van der Waals surface area contributed by atoms with Crippen molar-refractivity contribution in [2.24, 2.45) is 0 Å². The average molecular weight is 412 g/mol. The molecule has 156 valence electrons. The summed E-state index contributed by atoms with van der Waals surface area (Å²) < 4.78 is 0. The highest BCUT2D eigenvalue weighted by Gasteiger charge is 2.09. The molecular weight excluding hydrogens is 388 g/mol. The Hall–Kier alpha value is -4.00. The molecule has 1 aromatic carbocycles. The van der Waals surface area contributed by atoms with Gasteiger partial charge < -0.3 is 15.6 Å². The normalized spacial score (nSPS) is 10.6. The Morgan fingerprint density at radius 1 is 0.968 bits per heavy atom. The van der Waals surface area contributed by atoms with Gasteiger partial charge in [-0.1, -0.05) is 24.3 Å². The molecule has 7 heteroatoms. The van der Waals surface area contributed by atoms with E-state index in [0.717, 1.165) is 47.7 Å². The summed E-state index contributed by atoms with van der Waals surface area (Å²) in [6, 6.07) is 15.5. The van der Waals surface area contributed by atoms with E-state index in [-0.39, 0.29) is 5.91 Å². The van der Waals surface area contributed by atoms with Crippen molar-refractivity contribution < 1.29 is 4.79 Å². The topological polar surface area (TPSA) is 95.6 Å². The summed E-state index contributed by atoms with van der Waals surface area (Å²) in [7, 11) is 0. The lowest BCUT2D eigenvalue weighted by molar-refractivity contribution is 0.0950. The number of aromatic nitrogens is 4. The molecule has 0 atom stereocenters. The molecule has 1 amide bonds. The van der Waals surface area contributed by atoms with E-state index in [1.165, 1.54) is 0 Å². The van der Waals surface area contributed by atoms with Crippen molar-refractivity contribution in [3.05, 3.63) is 96.5 Å². The van der Waals surface area contributed by atoms with Gasteiger partial charge in [0.05, 0.1) is 11.3 Å². The van der Waals surface area contributed by atoms with Gasteiger partial charge >= 0.3 is 0 Å². The number of rotatable bonds is 9. The molecule has 0 unspecified atom stereocenters. The zero-order valence-corrected chi connectivity index (χ0v) is 17.1. The first kappa shape index (κ1) is 20.3. The molecule has 0 radical (unpaired) electrons. The molecule has 0 saturated carbocycles. The Morgan fingerprint density at radius 2 is 1.90 bits per heavy atom. The molecule has 0 aliphatic rings. The number of hydrogen-bond donors (Lipinski definition) is 3. The van der Waals surface area contributed by atoms with Crippen molar-refractivity contribution in [3.8, 4) is 11.3 Å². The zero-order chi connectivity index (χ0) is 21.3. The van der Waals surface area contributed by atoms with Crippen LogP contribution in [-0.4, -0.2) is 32.4 Å². The van der Waals surface area contributed by atoms with Gasteiger partial charge in [0.2, 0.25) is 0 Å². The molecule has 0 aliphatic heterocycles. The first-order chi connectivity index (χ1) is 15.3. The molecule has 0 aliphatic carbocycles. The van der Waals surface area contributed by atoms with Crippen LogP contribution in [-0.2, 0) is 13.0 Å². The van der Waals surface area contributed by atoms with Crippen LogP contribution in [0.2, 0.25) is 0 Å². The summed E-state index contributed by atoms with van der Waals surface area (Å²) in [5, 5.41) is 6.38. The third-order valence-corrected chi connectivity index (χ3v) is 4.87. The molecule has 4 aromatic rings. The minimum atomic E-state index is -0.160. The van der Waals surface area contributed by atoms with Crippen LogP contribution in [0.5, 0.6) is 0 Å². The van der Waals surface area contributed by atoms with Gasteiger partial charge in [-0.25, -0.2) is 4.98 Å². The van der Waals surface area contributed by atoms with Crippen LogP contribution in [0.1, 0.15) is 28.2 Å². The number of para-hydroxylation sites is 1. The predicted octanol–water partition coefficient (Wildman–Crippen LogP) is 3.84. The second-order valence-electron chi connectivity index (χ2n) is 7.09. The number of amides is 1. The summed E-state index contributed by atoms with van der Waals surface area (Å²) in [5.41, 5.74) is 4.31. The van der Waals surface area contributed by atoms with E-state index in [0.29, 0.717) is 12.1 Å². The number of aromatic amines is 1. The van der Waals surface area contributed by atoms with Gasteiger partial charge in [0.1, 0.15) is 5.82 Å². The lowest BCUT2D eigenvalue weighted by Gasteiger charge is -2.12. The second-order valence-corrected chi connectivity index (χ2v) is 7.09. The number of carbonyl (C=O) groups is 1. The van der Waals surface area contributed by atoms with Crippen LogP contribution < -0.4 is 10.6 Å². The van der Waals surface area contributed by atoms with E-state index in [9.17, 15) is 4.79 Å². The van der Waals surface area contributed by atoms with Crippen LogP contribution >= 0.6 is 0 Å². The molecule has 0 saturated heterocycles. The number of nitrogens with zero attached hydrogens (tertiary/aromatic N) is 3. The zero-order valence-electron chi connectivity index (χ0n) is 17.1. The lowest BCUT2D eigenvalue weighted by Crippen LogP contribution is -2.22. The number of nitrogens with one attached hydrogen (secondary N) is 3. The fourth-order valence-corrected chi connectivity index (χ4v) is 3.25. The highest BCUT2D eigenvalue weighted by molar-refractivity contribution is 5.94. The van der Waals surface area contributed by atoms with Crippen molar-refractivity contribution in [2.45, 2.75) is 19.4 Å². The fourth-order valence-electron chi connectivity index (χ4n) is 3.25. The summed E-state index contributed by atoms with van der Waals surface area (Å²) in [5.74, 6) is 0.835. The monoisotopic (exact) mass is 412 g/mol. The third kappa shape index (κ3) is 5.54. The highest BCUT2D eigenvalue weighted by atomic mass is 16.1. The number of aryl methyl sites for hydroxylation is 1. The van der Waals surface area contributed by atoms with Gasteiger partial charge in [-0.3, -0.25) is 14.8 Å². The predicted molar refractivity (Wildman–Crippen MR) is 120 cm³/mol. The molecule has 3 N–H and O–H groups in total. The molecule has 31 heavy (non-hydrogen) atoms. The van der Waals surface area contributed by atoms with Gasteiger partial charge in [0, 0.05) is 61.7 Å². The quantitative estimate of drug-likeness (QED) is 0.363. The summed E-state index contributed by atoms with van der Waals surface area (Å²) in [4.78, 5) is 28.4. The number of pyridine rings is 2. The molecule has 3 heterocycles. The second kappa shape index (κ2) is 10.2. The van der Waals surface area contributed by atoms with E-state index in [2.05, 4.69) is 30.6 Å². The number of anilines is 1. The SMILES string of the molecule is O=C(NCc1cccnc1)c1ccc(-c2ccccc2NCCCc2ncc[nH]2)nc1. The van der Waals surface area contributed by atoms with Crippen molar-refractivity contribution in [3.63, 3.8) is 0 Å². The number of hydrogen-bond acceptors (Lipinski definition) is 5. The molecule has 0 spiro atoms. The minimum absolute atomic E-state index is 0.160. The lowest BCUT2D eigenvalue weighted by atomic mass is 10.1. The number of H-pyrrole nitrogens is 1. The van der Waals surface area contributed by atoms with Gasteiger partial charge in [0.15, 0.2) is 0 Å². The van der Waals surface area contributed by atoms with Crippen LogP contribution in [0, 0.1) is 0 Å². The number of benzene rings is 1. The Labute approximate surface area is 181 Å². The van der Waals surface area contributed by atoms with Crippen molar-refractivity contribution in [2.75, 3.05) is 11.9 Å². The van der Waals surface area contributed by atoms with Crippen LogP contribution in [0.4, 0.5) is 5.69 Å². The molecule has 7 nitrogen and oxygen atoms in total. The van der Waals surface area contributed by atoms with E-state index in [4.69, 9.17) is 0 Å². The van der Waals surface area contributed by atoms with E-state index >= 15 is 0 Å². The average Bonchev–Trinajstić information content (AvgIpc) is 3.35. The van der Waals surface area contributed by atoms with Crippen molar-refractivity contribution >= 4 is 11.6 Å². The van der Waals surface area contributed by atoms with Gasteiger partial charge in [-0.2, -0.15) is 0 Å². The van der Waals surface area contributed by atoms with Crippen molar-refractivity contribution in [1.29, 1.82) is 0 Å². The smallest absolute Gasteiger partial charge is 0.253 e. The number of carbonyl (C=O) groups excluding carboxylic acids is 1. The Balaban J connectivity index is 1.36. The molecular formula is C24H24N6O. The maximum Gasteiger partial charge on any atom is 0.253 e. The van der Waals surface area contributed by atoms with E-state index in [1.807, 2.05) is 48.7 Å². The Kier molecular flexibility index (Phi) is 6.64. The highest BCUT2D eigenvalue weighted by Crippen LogP contribution is 2.26. The molecule has 3 aromatic heterocycles. The largest absolute Gasteiger partial charge is 0.384 e. The summed E-state index contributed by atoms with van der Waals surface area (Å²) >= 11 is 0. The number of imidazole rings is 1. The standard InChI is InChI=1S/C24H24N6O/c31-24(30-16-18-5-3-11-25-15-18)19-9-10-22(29-17-19)20-6-1-2-7-21(20)26-12-4-8-23-27-13-14-28-23/h1-3,5-7,9-11,13-15,17,26H,4,8,12,16H2,(H,27,28)(H,30,31). The maximum absolute atomic E-state index is 12.4.